The van der Waals surface area contributed by atoms with E-state index in [0.29, 0.717) is 5.92 Å². The number of guanidine groups is 1. The number of piperidine rings is 1. The zero-order chi connectivity index (χ0) is 16.0. The molecule has 0 radical (unpaired) electrons. The molecule has 0 amide bonds. The number of hydrogen-bond acceptors (Lipinski definition) is 3. The van der Waals surface area contributed by atoms with Crippen LogP contribution in [-0.4, -0.2) is 74.8 Å². The van der Waals surface area contributed by atoms with Crippen LogP contribution in [0.1, 0.15) is 39.5 Å². The van der Waals surface area contributed by atoms with E-state index in [0.717, 1.165) is 32.2 Å². The van der Waals surface area contributed by atoms with E-state index in [1.165, 1.54) is 38.8 Å². The lowest BCUT2D eigenvalue weighted by molar-refractivity contribution is 0.0976. The molecule has 23 heavy (non-hydrogen) atoms. The van der Waals surface area contributed by atoms with Gasteiger partial charge in [0.25, 0.3) is 0 Å². The van der Waals surface area contributed by atoms with E-state index in [2.05, 4.69) is 34.0 Å². The molecule has 2 heterocycles. The van der Waals surface area contributed by atoms with E-state index < -0.39 is 0 Å². The Balaban J connectivity index is 0.00000264. The minimum absolute atomic E-state index is 0. The monoisotopic (exact) mass is 438 g/mol. The molecule has 2 aliphatic heterocycles. The van der Waals surface area contributed by atoms with Gasteiger partial charge in [-0.3, -0.25) is 9.89 Å². The van der Waals surface area contributed by atoms with Crippen LogP contribution < -0.4 is 5.32 Å². The van der Waals surface area contributed by atoms with Crippen LogP contribution in [0.2, 0.25) is 0 Å². The third-order valence-electron chi connectivity index (χ3n) is 5.09. The molecule has 0 saturated carbocycles. The molecule has 1 N–H and O–H groups in total. The largest absolute Gasteiger partial charge is 0.384 e. The van der Waals surface area contributed by atoms with Gasteiger partial charge in [0.2, 0.25) is 0 Å². The fourth-order valence-corrected chi connectivity index (χ4v) is 3.64. The van der Waals surface area contributed by atoms with Gasteiger partial charge in [-0.05, 0) is 46.2 Å². The van der Waals surface area contributed by atoms with Gasteiger partial charge in [-0.2, -0.15) is 0 Å². The van der Waals surface area contributed by atoms with Crippen LogP contribution in [0.5, 0.6) is 0 Å². The molecular weight excluding hydrogens is 403 g/mol. The number of ether oxygens (including phenoxy) is 1. The van der Waals surface area contributed by atoms with Crippen molar-refractivity contribution < 1.29 is 4.74 Å². The molecule has 0 bridgehead atoms. The molecule has 136 valence electrons. The molecule has 0 aromatic carbocycles. The van der Waals surface area contributed by atoms with Crippen molar-refractivity contribution in [3.05, 3.63) is 0 Å². The molecule has 0 aliphatic carbocycles. The summed E-state index contributed by atoms with van der Waals surface area (Å²) >= 11 is 0. The Morgan fingerprint density at radius 2 is 1.91 bits per heavy atom. The fraction of sp³-hybridized carbons (Fsp3) is 0.941. The minimum Gasteiger partial charge on any atom is -0.384 e. The molecule has 0 spiro atoms. The molecule has 2 fully saturated rings. The summed E-state index contributed by atoms with van der Waals surface area (Å²) in [6.45, 7) is 11.1. The van der Waals surface area contributed by atoms with Crippen LogP contribution in [0, 0.1) is 5.92 Å². The number of rotatable bonds is 5. The summed E-state index contributed by atoms with van der Waals surface area (Å²) in [5.74, 6) is 1.68. The van der Waals surface area contributed by atoms with Crippen LogP contribution in [0.4, 0.5) is 0 Å². The van der Waals surface area contributed by atoms with Gasteiger partial charge in [0.15, 0.2) is 5.96 Å². The van der Waals surface area contributed by atoms with E-state index >= 15 is 0 Å². The molecular formula is C17H35IN4O. The number of nitrogens with zero attached hydrogens (tertiary/aromatic N) is 3. The first-order valence-corrected chi connectivity index (χ1v) is 8.76. The second-order valence-electron chi connectivity index (χ2n) is 7.32. The Bertz CT molecular complexity index is 370. The average molecular weight is 438 g/mol. The zero-order valence-corrected chi connectivity index (χ0v) is 17.6. The number of aliphatic imine (C=N–C) groups is 1. The zero-order valence-electron chi connectivity index (χ0n) is 15.3. The number of halogens is 1. The number of hydrogen-bond donors (Lipinski definition) is 1. The molecule has 6 heteroatoms. The Morgan fingerprint density at radius 1 is 1.22 bits per heavy atom. The van der Waals surface area contributed by atoms with Gasteiger partial charge in [-0.25, -0.2) is 0 Å². The second-order valence-corrected chi connectivity index (χ2v) is 7.32. The van der Waals surface area contributed by atoms with Crippen LogP contribution >= 0.6 is 24.0 Å². The lowest BCUT2D eigenvalue weighted by Gasteiger charge is -2.41. The standard InChI is InChI=1S/C17H34N4O.HI/c1-17(2,21-9-6-5-7-10-21)14-19-16(18-3)20-11-8-15(12-20)13-22-4;/h15H,5-14H2,1-4H3,(H,18,19);1H. The minimum atomic E-state index is 0. The second kappa shape index (κ2) is 10.0. The van der Waals surface area contributed by atoms with Gasteiger partial charge in [-0.15, -0.1) is 24.0 Å². The summed E-state index contributed by atoms with van der Waals surface area (Å²) in [4.78, 5) is 9.48. The van der Waals surface area contributed by atoms with Crippen molar-refractivity contribution in [1.29, 1.82) is 0 Å². The first kappa shape index (κ1) is 21.0. The van der Waals surface area contributed by atoms with Crippen LogP contribution in [0.25, 0.3) is 0 Å². The van der Waals surface area contributed by atoms with Crippen LogP contribution in [0.15, 0.2) is 4.99 Å². The Labute approximate surface area is 159 Å². The molecule has 0 aromatic heterocycles. The molecule has 2 aliphatic rings. The summed E-state index contributed by atoms with van der Waals surface area (Å²) < 4.78 is 5.29. The summed E-state index contributed by atoms with van der Waals surface area (Å²) in [5.41, 5.74) is 0.183. The topological polar surface area (TPSA) is 40.1 Å². The quantitative estimate of drug-likeness (QED) is 0.407. The van der Waals surface area contributed by atoms with Crippen molar-refractivity contribution >= 4 is 29.9 Å². The first-order valence-electron chi connectivity index (χ1n) is 8.76. The predicted octanol–water partition coefficient (Wildman–Crippen LogP) is 2.41. The lowest BCUT2D eigenvalue weighted by atomic mass is 9.98. The summed E-state index contributed by atoms with van der Waals surface area (Å²) in [6.07, 6.45) is 5.26. The average Bonchev–Trinajstić information content (AvgIpc) is 2.98. The molecule has 0 aromatic rings. The summed E-state index contributed by atoms with van der Waals surface area (Å²) in [7, 11) is 3.68. The highest BCUT2D eigenvalue weighted by atomic mass is 127. The first-order chi connectivity index (χ1) is 10.6. The molecule has 5 nitrogen and oxygen atoms in total. The van der Waals surface area contributed by atoms with Gasteiger partial charge >= 0.3 is 0 Å². The molecule has 2 saturated heterocycles. The van der Waals surface area contributed by atoms with E-state index in [9.17, 15) is 0 Å². The van der Waals surface area contributed by atoms with Gasteiger partial charge < -0.3 is 15.0 Å². The third-order valence-corrected chi connectivity index (χ3v) is 5.09. The number of likely N-dealkylation sites (tertiary alicyclic amines) is 2. The van der Waals surface area contributed by atoms with Crippen LogP contribution in [0.3, 0.4) is 0 Å². The SMILES string of the molecule is CN=C(NCC(C)(C)N1CCCCC1)N1CCC(COC)C1.I. The van der Waals surface area contributed by atoms with E-state index in [4.69, 9.17) is 4.74 Å². The highest BCUT2D eigenvalue weighted by molar-refractivity contribution is 14.0. The maximum Gasteiger partial charge on any atom is 0.193 e. The lowest BCUT2D eigenvalue weighted by Crippen LogP contribution is -2.55. The molecule has 1 atom stereocenters. The smallest absolute Gasteiger partial charge is 0.193 e. The Morgan fingerprint density at radius 3 is 2.52 bits per heavy atom. The fourth-order valence-electron chi connectivity index (χ4n) is 3.64. The maximum atomic E-state index is 5.29. The normalized spacial score (nSPS) is 23.7. The number of nitrogens with one attached hydrogen (secondary N) is 1. The third kappa shape index (κ3) is 6.05. The van der Waals surface area contributed by atoms with Crippen molar-refractivity contribution in [1.82, 2.24) is 15.1 Å². The van der Waals surface area contributed by atoms with Gasteiger partial charge in [0.1, 0.15) is 0 Å². The van der Waals surface area contributed by atoms with E-state index in [1.807, 2.05) is 7.05 Å². The highest BCUT2D eigenvalue weighted by Gasteiger charge is 2.30. The van der Waals surface area contributed by atoms with Crippen molar-refractivity contribution in [3.8, 4) is 0 Å². The number of methoxy groups -OCH3 is 1. The highest BCUT2D eigenvalue weighted by Crippen LogP contribution is 2.20. The van der Waals surface area contributed by atoms with Gasteiger partial charge in [0, 0.05) is 45.2 Å². The van der Waals surface area contributed by atoms with Gasteiger partial charge in [0.05, 0.1) is 6.61 Å². The van der Waals surface area contributed by atoms with Crippen LogP contribution in [-0.2, 0) is 4.74 Å². The predicted molar refractivity (Wildman–Crippen MR) is 108 cm³/mol. The van der Waals surface area contributed by atoms with Gasteiger partial charge in [-0.1, -0.05) is 6.42 Å². The molecule has 2 rings (SSSR count). The van der Waals surface area contributed by atoms with Crippen molar-refractivity contribution in [3.63, 3.8) is 0 Å². The van der Waals surface area contributed by atoms with E-state index in [-0.39, 0.29) is 29.5 Å². The molecule has 1 unspecified atom stereocenters. The van der Waals surface area contributed by atoms with E-state index in [1.54, 1.807) is 7.11 Å². The Hall–Kier alpha value is -0.0800. The van der Waals surface area contributed by atoms with Crippen molar-refractivity contribution in [2.75, 3.05) is 53.5 Å². The Kier molecular flexibility index (Phi) is 9.15. The van der Waals surface area contributed by atoms with Crippen molar-refractivity contribution in [2.24, 2.45) is 10.9 Å². The van der Waals surface area contributed by atoms with Crippen molar-refractivity contribution in [2.45, 2.75) is 45.1 Å². The summed E-state index contributed by atoms with van der Waals surface area (Å²) in [5, 5.41) is 3.61. The maximum absolute atomic E-state index is 5.29. The summed E-state index contributed by atoms with van der Waals surface area (Å²) in [6, 6.07) is 0.